The first kappa shape index (κ1) is 16.8. The van der Waals surface area contributed by atoms with E-state index in [0.29, 0.717) is 6.07 Å². The van der Waals surface area contributed by atoms with Gasteiger partial charge in [-0.3, -0.25) is 4.79 Å². The predicted molar refractivity (Wildman–Crippen MR) is 75.4 cm³/mol. The van der Waals surface area contributed by atoms with Crippen LogP contribution in [0.3, 0.4) is 0 Å². The summed E-state index contributed by atoms with van der Waals surface area (Å²) in [7, 11) is -4.04. The van der Waals surface area contributed by atoms with E-state index in [-0.39, 0.29) is 45.1 Å². The van der Waals surface area contributed by atoms with Crippen molar-refractivity contribution in [2.24, 2.45) is 5.73 Å². The molecule has 0 aromatic heterocycles. The predicted octanol–water partition coefficient (Wildman–Crippen LogP) is 0.146. The Balaban J connectivity index is 2.11. The first-order valence-electron chi connectivity index (χ1n) is 6.79. The molecule has 122 valence electrons. The average molecular weight is 333 g/mol. The molecule has 1 saturated heterocycles. The van der Waals surface area contributed by atoms with Gasteiger partial charge >= 0.3 is 0 Å². The molecule has 1 fully saturated rings. The summed E-state index contributed by atoms with van der Waals surface area (Å²) in [6.07, 6.45) is 0.208. The lowest BCUT2D eigenvalue weighted by molar-refractivity contribution is -0.132. The van der Waals surface area contributed by atoms with Gasteiger partial charge < -0.3 is 10.6 Å². The second kappa shape index (κ2) is 6.67. The molecule has 1 aromatic rings. The highest BCUT2D eigenvalue weighted by Gasteiger charge is 2.31. The Morgan fingerprint density at radius 1 is 1.18 bits per heavy atom. The van der Waals surface area contributed by atoms with Gasteiger partial charge in [0.2, 0.25) is 15.9 Å². The normalized spacial score (nSPS) is 16.8. The minimum Gasteiger partial charge on any atom is -0.340 e. The van der Waals surface area contributed by atoms with E-state index in [9.17, 15) is 22.0 Å². The van der Waals surface area contributed by atoms with E-state index < -0.39 is 26.6 Å². The van der Waals surface area contributed by atoms with E-state index in [1.807, 2.05) is 0 Å². The van der Waals surface area contributed by atoms with Crippen molar-refractivity contribution in [3.05, 3.63) is 29.8 Å². The van der Waals surface area contributed by atoms with E-state index in [1.165, 1.54) is 4.90 Å². The number of sulfonamides is 1. The molecule has 2 N–H and O–H groups in total. The second-order valence-electron chi connectivity index (χ2n) is 4.90. The summed E-state index contributed by atoms with van der Waals surface area (Å²) in [5.74, 6) is -2.09. The van der Waals surface area contributed by atoms with Gasteiger partial charge in [0.05, 0.1) is 0 Å². The Labute approximate surface area is 127 Å². The van der Waals surface area contributed by atoms with Gasteiger partial charge in [-0.2, -0.15) is 4.31 Å². The molecule has 0 unspecified atom stereocenters. The van der Waals surface area contributed by atoms with Gasteiger partial charge in [0.25, 0.3) is 0 Å². The minimum atomic E-state index is -4.04. The quantitative estimate of drug-likeness (QED) is 0.850. The molecule has 1 aliphatic rings. The summed E-state index contributed by atoms with van der Waals surface area (Å²) in [4.78, 5) is 12.7. The highest BCUT2D eigenvalue weighted by Crippen LogP contribution is 2.21. The second-order valence-corrected chi connectivity index (χ2v) is 6.80. The molecule has 0 spiro atoms. The largest absolute Gasteiger partial charge is 0.340 e. The molecule has 0 atom stereocenters. The molecule has 1 aromatic carbocycles. The Kier molecular flexibility index (Phi) is 5.09. The number of hydrogen-bond acceptors (Lipinski definition) is 4. The van der Waals surface area contributed by atoms with Crippen molar-refractivity contribution in [2.45, 2.75) is 11.3 Å². The number of nitrogens with zero attached hydrogens (tertiary/aromatic N) is 2. The molecule has 1 heterocycles. The van der Waals surface area contributed by atoms with Crippen molar-refractivity contribution < 1.29 is 22.0 Å². The van der Waals surface area contributed by atoms with E-state index in [0.717, 1.165) is 16.4 Å². The number of benzene rings is 1. The number of carbonyl (C=O) groups excluding carboxylic acids is 1. The first-order chi connectivity index (χ1) is 10.4. The summed E-state index contributed by atoms with van der Waals surface area (Å²) in [5.41, 5.74) is 5.31. The Hall–Kier alpha value is -1.58. The van der Waals surface area contributed by atoms with Gasteiger partial charge in [0.15, 0.2) is 0 Å². The van der Waals surface area contributed by atoms with Crippen LogP contribution in [0.2, 0.25) is 0 Å². The van der Waals surface area contributed by atoms with Gasteiger partial charge in [-0.05, 0) is 12.1 Å². The number of hydrogen-bond donors (Lipinski definition) is 1. The minimum absolute atomic E-state index is 0.0649. The molecule has 0 saturated carbocycles. The standard InChI is InChI=1S/C13H17F2N3O3S/c14-10-1-2-12(11(15)9-10)22(20,21)18-7-5-17(6-8-18)13(19)3-4-16/h1-2,9H,3-8,16H2. The molecule has 1 aliphatic heterocycles. The highest BCUT2D eigenvalue weighted by atomic mass is 32.2. The van der Waals surface area contributed by atoms with Crippen LogP contribution in [0.5, 0.6) is 0 Å². The molecule has 0 bridgehead atoms. The van der Waals surface area contributed by atoms with Gasteiger partial charge in [0, 0.05) is 45.2 Å². The van der Waals surface area contributed by atoms with Crippen LogP contribution in [-0.2, 0) is 14.8 Å². The third-order valence-electron chi connectivity index (χ3n) is 3.46. The van der Waals surface area contributed by atoms with Crippen molar-refractivity contribution in [2.75, 3.05) is 32.7 Å². The average Bonchev–Trinajstić information content (AvgIpc) is 2.47. The number of amides is 1. The fourth-order valence-corrected chi connectivity index (χ4v) is 3.75. The van der Waals surface area contributed by atoms with Crippen molar-refractivity contribution in [1.29, 1.82) is 0 Å². The Bertz CT molecular complexity index is 658. The molecule has 6 nitrogen and oxygen atoms in total. The fourth-order valence-electron chi connectivity index (χ4n) is 2.28. The molecular weight excluding hydrogens is 316 g/mol. The van der Waals surface area contributed by atoms with Crippen LogP contribution < -0.4 is 5.73 Å². The van der Waals surface area contributed by atoms with Crippen LogP contribution in [0.25, 0.3) is 0 Å². The maximum Gasteiger partial charge on any atom is 0.246 e. The topological polar surface area (TPSA) is 83.7 Å². The fraction of sp³-hybridized carbons (Fsp3) is 0.462. The highest BCUT2D eigenvalue weighted by molar-refractivity contribution is 7.89. The Morgan fingerprint density at radius 2 is 1.82 bits per heavy atom. The smallest absolute Gasteiger partial charge is 0.246 e. The van der Waals surface area contributed by atoms with Crippen LogP contribution in [0.15, 0.2) is 23.1 Å². The Morgan fingerprint density at radius 3 is 2.36 bits per heavy atom. The molecule has 22 heavy (non-hydrogen) atoms. The number of halogens is 2. The van der Waals surface area contributed by atoms with Gasteiger partial charge in [0.1, 0.15) is 16.5 Å². The molecule has 1 amide bonds. The molecular formula is C13H17F2N3O3S. The lowest BCUT2D eigenvalue weighted by Crippen LogP contribution is -2.50. The number of nitrogens with two attached hydrogens (primary N) is 1. The van der Waals surface area contributed by atoms with E-state index in [1.54, 1.807) is 0 Å². The summed E-state index contributed by atoms with van der Waals surface area (Å²) in [6, 6.07) is 2.34. The number of rotatable bonds is 4. The van der Waals surface area contributed by atoms with Crippen LogP contribution in [0.1, 0.15) is 6.42 Å². The number of carbonyl (C=O) groups is 1. The van der Waals surface area contributed by atoms with Gasteiger partial charge in [-0.1, -0.05) is 0 Å². The van der Waals surface area contributed by atoms with Crippen molar-refractivity contribution >= 4 is 15.9 Å². The zero-order valence-electron chi connectivity index (χ0n) is 11.8. The zero-order chi connectivity index (χ0) is 16.3. The third kappa shape index (κ3) is 3.42. The third-order valence-corrected chi connectivity index (χ3v) is 5.39. The molecule has 9 heteroatoms. The zero-order valence-corrected chi connectivity index (χ0v) is 12.7. The lowest BCUT2D eigenvalue weighted by atomic mass is 10.3. The molecule has 0 aliphatic carbocycles. The summed E-state index contributed by atoms with van der Waals surface area (Å²) in [5, 5.41) is 0. The van der Waals surface area contributed by atoms with Gasteiger partial charge in [-0.15, -0.1) is 0 Å². The maximum atomic E-state index is 13.7. The van der Waals surface area contributed by atoms with E-state index in [4.69, 9.17) is 5.73 Å². The van der Waals surface area contributed by atoms with E-state index >= 15 is 0 Å². The summed E-state index contributed by atoms with van der Waals surface area (Å²) >= 11 is 0. The maximum absolute atomic E-state index is 13.7. The van der Waals surface area contributed by atoms with Crippen molar-refractivity contribution in [3.8, 4) is 0 Å². The van der Waals surface area contributed by atoms with Crippen LogP contribution in [0, 0.1) is 11.6 Å². The molecule has 0 radical (unpaired) electrons. The van der Waals surface area contributed by atoms with E-state index in [2.05, 4.69) is 0 Å². The number of piperazine rings is 1. The first-order valence-corrected chi connectivity index (χ1v) is 8.23. The lowest BCUT2D eigenvalue weighted by Gasteiger charge is -2.34. The van der Waals surface area contributed by atoms with Crippen molar-refractivity contribution in [3.63, 3.8) is 0 Å². The monoisotopic (exact) mass is 333 g/mol. The van der Waals surface area contributed by atoms with Crippen molar-refractivity contribution in [1.82, 2.24) is 9.21 Å². The molecule has 2 rings (SSSR count). The van der Waals surface area contributed by atoms with Crippen LogP contribution in [0.4, 0.5) is 8.78 Å². The SMILES string of the molecule is NCCC(=O)N1CCN(S(=O)(=O)c2ccc(F)cc2F)CC1. The van der Waals surface area contributed by atoms with Gasteiger partial charge in [-0.25, -0.2) is 17.2 Å². The summed E-state index contributed by atoms with van der Waals surface area (Å²) < 4.78 is 52.4. The summed E-state index contributed by atoms with van der Waals surface area (Å²) in [6.45, 7) is 0.810. The van der Waals surface area contributed by atoms with Crippen LogP contribution in [-0.4, -0.2) is 56.3 Å². The van der Waals surface area contributed by atoms with Crippen LogP contribution >= 0.6 is 0 Å².